The summed E-state index contributed by atoms with van der Waals surface area (Å²) in [4.78, 5) is 22.8. The van der Waals surface area contributed by atoms with Gasteiger partial charge in [-0.05, 0) is 6.92 Å². The molecule has 0 radical (unpaired) electrons. The fourth-order valence-corrected chi connectivity index (χ4v) is 3.20. The normalized spacial score (nSPS) is 14.3. The smallest absolute Gasteiger partial charge is 0.321 e. The van der Waals surface area contributed by atoms with Crippen LogP contribution in [0.3, 0.4) is 0 Å². The molecule has 1 saturated heterocycles. The van der Waals surface area contributed by atoms with Crippen LogP contribution >= 0.6 is 0 Å². The SMILES string of the molecule is COc1cc(NC(=O)N2CCC(Oc3ccnc(C)n3)CC2)cc(OC)c1OC. The number of methoxy groups -OCH3 is 3. The molecule has 0 atom stereocenters. The van der Waals surface area contributed by atoms with Crippen LogP contribution < -0.4 is 24.3 Å². The number of urea groups is 1. The Hall–Kier alpha value is -3.23. The van der Waals surface area contributed by atoms with E-state index in [1.54, 1.807) is 29.3 Å². The van der Waals surface area contributed by atoms with E-state index in [4.69, 9.17) is 18.9 Å². The van der Waals surface area contributed by atoms with Crippen molar-refractivity contribution >= 4 is 11.7 Å². The maximum atomic E-state index is 12.7. The third kappa shape index (κ3) is 4.98. The van der Waals surface area contributed by atoms with Gasteiger partial charge in [-0.25, -0.2) is 9.78 Å². The number of aromatic nitrogens is 2. The largest absolute Gasteiger partial charge is 0.493 e. The summed E-state index contributed by atoms with van der Waals surface area (Å²) < 4.78 is 21.9. The molecule has 0 bridgehead atoms. The molecule has 9 heteroatoms. The van der Waals surface area contributed by atoms with Gasteiger partial charge in [0.2, 0.25) is 11.6 Å². The topological polar surface area (TPSA) is 95.0 Å². The number of nitrogens with zero attached hydrogens (tertiary/aromatic N) is 3. The molecular formula is C20H26N4O5. The number of nitrogens with one attached hydrogen (secondary N) is 1. The first-order valence-corrected chi connectivity index (χ1v) is 9.36. The average molecular weight is 402 g/mol. The van der Waals surface area contributed by atoms with E-state index in [9.17, 15) is 4.79 Å². The molecule has 29 heavy (non-hydrogen) atoms. The number of carbonyl (C=O) groups is 1. The minimum absolute atomic E-state index is 0.0227. The summed E-state index contributed by atoms with van der Waals surface area (Å²) in [5.41, 5.74) is 0.569. The number of rotatable bonds is 6. The highest BCUT2D eigenvalue weighted by Crippen LogP contribution is 2.40. The van der Waals surface area contributed by atoms with Crippen molar-refractivity contribution in [3.63, 3.8) is 0 Å². The number of aryl methyl sites for hydroxylation is 1. The molecule has 1 aliphatic heterocycles. The summed E-state index contributed by atoms with van der Waals surface area (Å²) in [5, 5.41) is 2.89. The maximum Gasteiger partial charge on any atom is 0.321 e. The fourth-order valence-electron chi connectivity index (χ4n) is 3.20. The van der Waals surface area contributed by atoms with Crippen molar-refractivity contribution in [3.05, 3.63) is 30.2 Å². The Bertz CT molecular complexity index is 828. The highest BCUT2D eigenvalue weighted by atomic mass is 16.5. The Balaban J connectivity index is 1.58. The van der Waals surface area contributed by atoms with E-state index in [1.165, 1.54) is 21.3 Å². The molecule has 1 aromatic heterocycles. The number of piperidine rings is 1. The molecule has 156 valence electrons. The van der Waals surface area contributed by atoms with Gasteiger partial charge < -0.3 is 29.2 Å². The van der Waals surface area contributed by atoms with Crippen molar-refractivity contribution in [1.29, 1.82) is 0 Å². The van der Waals surface area contributed by atoms with Crippen LogP contribution in [0.25, 0.3) is 0 Å². The van der Waals surface area contributed by atoms with E-state index in [0.717, 1.165) is 12.8 Å². The van der Waals surface area contributed by atoms with Gasteiger partial charge >= 0.3 is 6.03 Å². The number of anilines is 1. The van der Waals surface area contributed by atoms with Gasteiger partial charge in [0.25, 0.3) is 0 Å². The fraction of sp³-hybridized carbons (Fsp3) is 0.450. The lowest BCUT2D eigenvalue weighted by atomic mass is 10.1. The van der Waals surface area contributed by atoms with Crippen molar-refractivity contribution < 1.29 is 23.7 Å². The quantitative estimate of drug-likeness (QED) is 0.794. The molecule has 1 fully saturated rings. The zero-order valence-corrected chi connectivity index (χ0v) is 17.1. The second-order valence-electron chi connectivity index (χ2n) is 6.59. The van der Waals surface area contributed by atoms with E-state index in [-0.39, 0.29) is 12.1 Å². The summed E-state index contributed by atoms with van der Waals surface area (Å²) in [5.74, 6) is 2.68. The Labute approximate surface area is 169 Å². The van der Waals surface area contributed by atoms with Gasteiger partial charge in [-0.2, -0.15) is 4.98 Å². The number of hydrogen-bond donors (Lipinski definition) is 1. The van der Waals surface area contributed by atoms with Crippen LogP contribution in [-0.4, -0.2) is 61.4 Å². The van der Waals surface area contributed by atoms with Gasteiger partial charge in [-0.1, -0.05) is 0 Å². The molecule has 2 aromatic rings. The Kier molecular flexibility index (Phi) is 6.58. The zero-order chi connectivity index (χ0) is 20.8. The van der Waals surface area contributed by atoms with Crippen molar-refractivity contribution in [2.75, 3.05) is 39.7 Å². The second-order valence-corrected chi connectivity index (χ2v) is 6.59. The molecule has 0 spiro atoms. The van der Waals surface area contributed by atoms with Crippen LogP contribution in [0.15, 0.2) is 24.4 Å². The second kappa shape index (κ2) is 9.31. The summed E-state index contributed by atoms with van der Waals surface area (Å²) >= 11 is 0. The van der Waals surface area contributed by atoms with Gasteiger partial charge in [0.1, 0.15) is 11.9 Å². The van der Waals surface area contributed by atoms with Crippen molar-refractivity contribution in [1.82, 2.24) is 14.9 Å². The van der Waals surface area contributed by atoms with Crippen LogP contribution in [0.2, 0.25) is 0 Å². The van der Waals surface area contributed by atoms with E-state index < -0.39 is 0 Å². The summed E-state index contributed by atoms with van der Waals surface area (Å²) in [7, 11) is 4.60. The van der Waals surface area contributed by atoms with Crippen molar-refractivity contribution in [3.8, 4) is 23.1 Å². The minimum Gasteiger partial charge on any atom is -0.493 e. The van der Waals surface area contributed by atoms with E-state index >= 15 is 0 Å². The number of ether oxygens (including phenoxy) is 4. The monoisotopic (exact) mass is 402 g/mol. The average Bonchev–Trinajstić information content (AvgIpc) is 2.73. The van der Waals surface area contributed by atoms with E-state index in [0.29, 0.717) is 47.7 Å². The number of carbonyl (C=O) groups excluding carboxylic acids is 1. The summed E-state index contributed by atoms with van der Waals surface area (Å²) in [6.07, 6.45) is 3.16. The minimum atomic E-state index is -0.185. The third-order valence-electron chi connectivity index (χ3n) is 4.68. The van der Waals surface area contributed by atoms with Crippen molar-refractivity contribution in [2.24, 2.45) is 0 Å². The molecule has 9 nitrogen and oxygen atoms in total. The molecule has 1 aliphatic rings. The van der Waals surface area contributed by atoms with E-state index in [1.807, 2.05) is 6.92 Å². The Morgan fingerprint density at radius 1 is 1.10 bits per heavy atom. The standard InChI is InChI=1S/C20H26N4O5/c1-13-21-8-5-18(22-13)29-15-6-9-24(10-7-15)20(25)23-14-11-16(26-2)19(28-4)17(12-14)27-3/h5,8,11-12,15H,6-7,9-10H2,1-4H3,(H,23,25). The predicted molar refractivity (Wildman–Crippen MR) is 107 cm³/mol. The number of benzene rings is 1. The molecule has 2 amide bonds. The zero-order valence-electron chi connectivity index (χ0n) is 17.1. The van der Waals surface area contributed by atoms with Crippen LogP contribution in [0.1, 0.15) is 18.7 Å². The first-order valence-electron chi connectivity index (χ1n) is 9.36. The predicted octanol–water partition coefficient (Wildman–Crippen LogP) is 2.89. The molecule has 2 heterocycles. The van der Waals surface area contributed by atoms with Crippen LogP contribution in [0, 0.1) is 6.92 Å². The first kappa shape index (κ1) is 20.5. The molecule has 0 aliphatic carbocycles. The number of hydrogen-bond acceptors (Lipinski definition) is 7. The van der Waals surface area contributed by atoms with Crippen LogP contribution in [-0.2, 0) is 0 Å². The maximum absolute atomic E-state index is 12.7. The highest BCUT2D eigenvalue weighted by Gasteiger charge is 2.25. The lowest BCUT2D eigenvalue weighted by Crippen LogP contribution is -2.43. The molecule has 0 saturated carbocycles. The van der Waals surface area contributed by atoms with Crippen molar-refractivity contribution in [2.45, 2.75) is 25.9 Å². The van der Waals surface area contributed by atoms with Gasteiger partial charge in [-0.15, -0.1) is 0 Å². The number of amides is 2. The van der Waals surface area contributed by atoms with Crippen LogP contribution in [0.5, 0.6) is 23.1 Å². The lowest BCUT2D eigenvalue weighted by Gasteiger charge is -2.32. The summed E-state index contributed by atoms with van der Waals surface area (Å²) in [6, 6.07) is 4.96. The van der Waals surface area contributed by atoms with Gasteiger partial charge in [0.15, 0.2) is 11.5 Å². The molecule has 1 N–H and O–H groups in total. The third-order valence-corrected chi connectivity index (χ3v) is 4.68. The highest BCUT2D eigenvalue weighted by molar-refractivity contribution is 5.90. The number of likely N-dealkylation sites (tertiary alicyclic amines) is 1. The molecule has 3 rings (SSSR count). The first-order chi connectivity index (χ1) is 14.0. The molecule has 0 unspecified atom stereocenters. The molecular weight excluding hydrogens is 376 g/mol. The van der Waals surface area contributed by atoms with Gasteiger partial charge in [0.05, 0.1) is 27.0 Å². The summed E-state index contributed by atoms with van der Waals surface area (Å²) in [6.45, 7) is 3.00. The van der Waals surface area contributed by atoms with Crippen LogP contribution in [0.4, 0.5) is 10.5 Å². The molecule has 1 aromatic carbocycles. The van der Waals surface area contributed by atoms with Gasteiger partial charge in [-0.3, -0.25) is 0 Å². The van der Waals surface area contributed by atoms with E-state index in [2.05, 4.69) is 15.3 Å². The lowest BCUT2D eigenvalue weighted by molar-refractivity contribution is 0.111. The van der Waals surface area contributed by atoms with Gasteiger partial charge in [0, 0.05) is 50.3 Å². The Morgan fingerprint density at radius 2 is 1.76 bits per heavy atom. The Morgan fingerprint density at radius 3 is 2.31 bits per heavy atom.